The molecule has 0 bridgehead atoms. The number of likely N-dealkylation sites (N-methyl/N-ethyl adjacent to an activating group) is 1. The maximum atomic E-state index is 12.7. The third-order valence-corrected chi connectivity index (χ3v) is 9.65. The number of hydrogen-bond donors (Lipinski definition) is 1. The van der Waals surface area contributed by atoms with Crippen molar-refractivity contribution in [1.29, 1.82) is 0 Å². The van der Waals surface area contributed by atoms with Crippen molar-refractivity contribution < 1.29 is 14.1 Å². The summed E-state index contributed by atoms with van der Waals surface area (Å²) in [6.07, 6.45) is 11.6. The second kappa shape index (κ2) is 7.21. The Kier molecular flexibility index (Phi) is 4.83. The maximum absolute atomic E-state index is 12.7. The average Bonchev–Trinajstić information content (AvgIpc) is 3.28. The number of aryl methyl sites for hydroxylation is 1. The number of carbonyl (C=O) groups excluding carboxylic acids is 2. The van der Waals surface area contributed by atoms with Gasteiger partial charge in [0.25, 0.3) is 0 Å². The minimum atomic E-state index is 0.0381. The van der Waals surface area contributed by atoms with Gasteiger partial charge in [-0.2, -0.15) is 0 Å². The molecule has 6 heteroatoms. The van der Waals surface area contributed by atoms with Crippen LogP contribution in [0.15, 0.2) is 22.7 Å². The van der Waals surface area contributed by atoms with Crippen LogP contribution >= 0.6 is 0 Å². The topological polar surface area (TPSA) is 75.4 Å². The van der Waals surface area contributed by atoms with E-state index in [1.807, 2.05) is 18.9 Å². The Morgan fingerprint density at radius 3 is 2.77 bits per heavy atom. The summed E-state index contributed by atoms with van der Waals surface area (Å²) in [5, 5.41) is 6.75. The summed E-state index contributed by atoms with van der Waals surface area (Å²) in [4.78, 5) is 27.0. The van der Waals surface area contributed by atoms with Gasteiger partial charge in [-0.15, -0.1) is 0 Å². The maximum Gasteiger partial charge on any atom is 0.246 e. The van der Waals surface area contributed by atoms with Gasteiger partial charge < -0.3 is 9.42 Å². The van der Waals surface area contributed by atoms with Crippen LogP contribution < -0.4 is 5.32 Å². The van der Waals surface area contributed by atoms with Crippen LogP contribution in [-0.4, -0.2) is 35.0 Å². The van der Waals surface area contributed by atoms with E-state index >= 15 is 0 Å². The zero-order chi connectivity index (χ0) is 22.0. The number of nitrogens with one attached hydrogen (secondary N) is 1. The van der Waals surface area contributed by atoms with Gasteiger partial charge in [0.1, 0.15) is 0 Å². The molecule has 0 aromatic carbocycles. The summed E-state index contributed by atoms with van der Waals surface area (Å²) in [7, 11) is 1.97. The molecule has 1 N–H and O–H groups in total. The molecule has 31 heavy (non-hydrogen) atoms. The van der Waals surface area contributed by atoms with Crippen molar-refractivity contribution in [3.8, 4) is 0 Å². The summed E-state index contributed by atoms with van der Waals surface area (Å²) < 4.78 is 5.16. The van der Waals surface area contributed by atoms with E-state index < -0.39 is 0 Å². The van der Waals surface area contributed by atoms with Gasteiger partial charge in [-0.3, -0.25) is 14.9 Å². The van der Waals surface area contributed by atoms with Gasteiger partial charge in [0.05, 0.1) is 5.69 Å². The van der Waals surface area contributed by atoms with E-state index in [4.69, 9.17) is 4.52 Å². The van der Waals surface area contributed by atoms with Gasteiger partial charge in [0, 0.05) is 31.0 Å². The van der Waals surface area contributed by atoms with Crippen molar-refractivity contribution in [2.45, 2.75) is 71.8 Å². The molecule has 5 rings (SSSR count). The number of amides is 2. The summed E-state index contributed by atoms with van der Waals surface area (Å²) in [5.74, 6) is 3.04. The number of fused-ring (bicyclic) bond motifs is 5. The summed E-state index contributed by atoms with van der Waals surface area (Å²) >= 11 is 0. The molecule has 168 valence electrons. The first kappa shape index (κ1) is 20.8. The average molecular weight is 426 g/mol. The van der Waals surface area contributed by atoms with E-state index in [0.29, 0.717) is 42.0 Å². The molecule has 7 atom stereocenters. The lowest BCUT2D eigenvalue weighted by Gasteiger charge is -2.60. The Morgan fingerprint density at radius 1 is 1.23 bits per heavy atom. The van der Waals surface area contributed by atoms with Crippen LogP contribution in [0.4, 0.5) is 5.88 Å². The highest BCUT2D eigenvalue weighted by Gasteiger charge is 2.60. The zero-order valence-corrected chi connectivity index (χ0v) is 19.2. The minimum absolute atomic E-state index is 0.0381. The third kappa shape index (κ3) is 3.16. The number of anilines is 1. The molecule has 3 fully saturated rings. The molecule has 0 spiro atoms. The fourth-order valence-corrected chi connectivity index (χ4v) is 8.02. The van der Waals surface area contributed by atoms with Crippen molar-refractivity contribution in [1.82, 2.24) is 10.1 Å². The fourth-order valence-electron chi connectivity index (χ4n) is 8.02. The Bertz CT molecular complexity index is 923. The van der Waals surface area contributed by atoms with E-state index in [1.165, 1.54) is 25.7 Å². The lowest BCUT2D eigenvalue weighted by Crippen LogP contribution is -2.59. The Morgan fingerprint density at radius 2 is 2.03 bits per heavy atom. The molecular weight excluding hydrogens is 390 g/mol. The molecule has 1 aromatic rings. The summed E-state index contributed by atoms with van der Waals surface area (Å²) in [5.41, 5.74) is 1.07. The first-order valence-corrected chi connectivity index (χ1v) is 11.9. The van der Waals surface area contributed by atoms with Crippen LogP contribution in [0.1, 0.15) is 64.5 Å². The van der Waals surface area contributed by atoms with Crippen LogP contribution in [0.2, 0.25) is 0 Å². The second-order valence-corrected chi connectivity index (χ2v) is 11.0. The SMILES string of the molecule is Cc1cc(NC(=O)C[C@H]2CCC3C4CCC5N(C)C(=O)C=C[C@]5(C)C4CC[C@@]32C)on1. The van der Waals surface area contributed by atoms with Crippen molar-refractivity contribution in [3.05, 3.63) is 23.9 Å². The van der Waals surface area contributed by atoms with Crippen LogP contribution in [0.25, 0.3) is 0 Å². The molecule has 6 nitrogen and oxygen atoms in total. The lowest BCUT2D eigenvalue weighted by molar-refractivity contribution is -0.139. The molecule has 3 aliphatic carbocycles. The van der Waals surface area contributed by atoms with Gasteiger partial charge in [-0.05, 0) is 80.6 Å². The minimum Gasteiger partial charge on any atom is -0.338 e. The molecule has 1 aromatic heterocycles. The van der Waals surface area contributed by atoms with Crippen LogP contribution in [0, 0.1) is 41.4 Å². The van der Waals surface area contributed by atoms with Crippen molar-refractivity contribution in [2.24, 2.45) is 34.5 Å². The third-order valence-electron chi connectivity index (χ3n) is 9.65. The molecule has 0 radical (unpaired) electrons. The van der Waals surface area contributed by atoms with Crippen molar-refractivity contribution >= 4 is 17.7 Å². The molecule has 4 aliphatic rings. The van der Waals surface area contributed by atoms with Crippen LogP contribution in [0.3, 0.4) is 0 Å². The molecule has 4 unspecified atom stereocenters. The summed E-state index contributed by atoms with van der Waals surface area (Å²) in [6, 6.07) is 2.09. The predicted molar refractivity (Wildman–Crippen MR) is 118 cm³/mol. The first-order valence-electron chi connectivity index (χ1n) is 11.9. The number of nitrogens with zero attached hydrogens (tertiary/aromatic N) is 2. The highest BCUT2D eigenvalue weighted by Crippen LogP contribution is 2.65. The Balaban J connectivity index is 1.32. The van der Waals surface area contributed by atoms with Gasteiger partial charge in [0.2, 0.25) is 17.7 Å². The number of carbonyl (C=O) groups is 2. The zero-order valence-electron chi connectivity index (χ0n) is 19.2. The molecular formula is C25H35N3O3. The molecule has 2 heterocycles. The van der Waals surface area contributed by atoms with Gasteiger partial charge >= 0.3 is 0 Å². The van der Waals surface area contributed by atoms with Crippen molar-refractivity contribution in [3.63, 3.8) is 0 Å². The van der Waals surface area contributed by atoms with Crippen LogP contribution in [0.5, 0.6) is 0 Å². The van der Waals surface area contributed by atoms with E-state index in [2.05, 4.69) is 30.4 Å². The monoisotopic (exact) mass is 425 g/mol. The van der Waals surface area contributed by atoms with E-state index in [0.717, 1.165) is 18.5 Å². The van der Waals surface area contributed by atoms with E-state index in [9.17, 15) is 9.59 Å². The molecule has 2 amide bonds. The highest BCUT2D eigenvalue weighted by atomic mass is 16.5. The summed E-state index contributed by atoms with van der Waals surface area (Å²) in [6.45, 7) is 6.68. The van der Waals surface area contributed by atoms with Crippen molar-refractivity contribution in [2.75, 3.05) is 12.4 Å². The standard InChI is InChI=1S/C25H35N3O3/c1-15-13-22(31-27-15)26-21(29)14-16-5-7-18-17-6-8-20-25(3,12-10-23(30)28(20)4)19(17)9-11-24(16,18)2/h10,12-13,16-20H,5-9,11,14H2,1-4H3,(H,26,29)/t16-,17?,18?,19?,20?,24-,25-/m1/s1. The quantitative estimate of drug-likeness (QED) is 0.770. The number of hydrogen-bond acceptors (Lipinski definition) is 4. The highest BCUT2D eigenvalue weighted by molar-refractivity contribution is 5.89. The van der Waals surface area contributed by atoms with Gasteiger partial charge in [-0.1, -0.05) is 25.1 Å². The lowest BCUT2D eigenvalue weighted by atomic mass is 9.47. The second-order valence-electron chi connectivity index (χ2n) is 11.0. The fraction of sp³-hybridized carbons (Fsp3) is 0.720. The Labute approximate surface area is 184 Å². The van der Waals surface area contributed by atoms with Gasteiger partial charge in [-0.25, -0.2) is 0 Å². The van der Waals surface area contributed by atoms with E-state index in [1.54, 1.807) is 12.1 Å². The normalized spacial score (nSPS) is 41.5. The van der Waals surface area contributed by atoms with Crippen LogP contribution in [-0.2, 0) is 9.59 Å². The van der Waals surface area contributed by atoms with Gasteiger partial charge in [0.15, 0.2) is 0 Å². The largest absolute Gasteiger partial charge is 0.338 e. The molecule has 3 saturated carbocycles. The predicted octanol–water partition coefficient (Wildman–Crippen LogP) is 4.57. The molecule has 1 aliphatic heterocycles. The first-order chi connectivity index (χ1) is 14.7. The Hall–Kier alpha value is -2.11. The number of rotatable bonds is 3. The number of aromatic nitrogens is 1. The molecule has 0 saturated heterocycles. The smallest absolute Gasteiger partial charge is 0.246 e. The van der Waals surface area contributed by atoms with E-state index in [-0.39, 0.29) is 22.6 Å².